The van der Waals surface area contributed by atoms with Gasteiger partial charge in [0.25, 0.3) is 0 Å². The zero-order chi connectivity index (χ0) is 16.2. The monoisotopic (exact) mass is 390 g/mol. The van der Waals surface area contributed by atoms with Gasteiger partial charge in [-0.2, -0.15) is 18.3 Å². The lowest BCUT2D eigenvalue weighted by Crippen LogP contribution is -2.20. The number of nitrogens with one attached hydrogen (secondary N) is 1. The van der Waals surface area contributed by atoms with Crippen LogP contribution in [0.15, 0.2) is 45.3 Å². The van der Waals surface area contributed by atoms with E-state index in [1.807, 2.05) is 12.1 Å². The zero-order valence-electron chi connectivity index (χ0n) is 11.0. The minimum absolute atomic E-state index is 0.171. The van der Waals surface area contributed by atoms with Crippen molar-refractivity contribution in [3.8, 4) is 0 Å². The van der Waals surface area contributed by atoms with Crippen molar-refractivity contribution in [1.82, 2.24) is 5.43 Å². The predicted octanol–water partition coefficient (Wildman–Crippen LogP) is 4.22. The van der Waals surface area contributed by atoms with Crippen molar-refractivity contribution in [1.29, 1.82) is 0 Å². The average Bonchev–Trinajstić information content (AvgIpc) is 2.84. The van der Waals surface area contributed by atoms with Gasteiger partial charge in [-0.3, -0.25) is 4.79 Å². The number of nitrogens with zero attached hydrogens (tertiary/aromatic N) is 1. The highest BCUT2D eigenvalue weighted by Crippen LogP contribution is 2.29. The lowest BCUT2D eigenvalue weighted by molar-refractivity contribution is -0.137. The molecular formula is C14H10BrF3N2OS. The maximum Gasteiger partial charge on any atom is 0.416 e. The number of halogens is 4. The zero-order valence-corrected chi connectivity index (χ0v) is 13.4. The van der Waals surface area contributed by atoms with Crippen LogP contribution in [0.3, 0.4) is 0 Å². The van der Waals surface area contributed by atoms with Gasteiger partial charge < -0.3 is 0 Å². The molecule has 1 aromatic heterocycles. The van der Waals surface area contributed by atoms with E-state index in [1.165, 1.54) is 29.7 Å². The molecule has 2 rings (SSSR count). The molecule has 0 saturated carbocycles. The highest BCUT2D eigenvalue weighted by atomic mass is 79.9. The molecule has 1 aromatic carbocycles. The summed E-state index contributed by atoms with van der Waals surface area (Å²) in [5.74, 6) is -0.480. The predicted molar refractivity (Wildman–Crippen MR) is 82.9 cm³/mol. The summed E-state index contributed by atoms with van der Waals surface area (Å²) >= 11 is 4.74. The smallest absolute Gasteiger partial charge is 0.273 e. The fourth-order valence-corrected chi connectivity index (χ4v) is 2.94. The molecule has 22 heavy (non-hydrogen) atoms. The van der Waals surface area contributed by atoms with E-state index in [9.17, 15) is 18.0 Å². The Balaban J connectivity index is 1.93. The number of alkyl halides is 3. The SMILES string of the molecule is O=C(Cc1cccc(C(F)(F)F)c1)NN=Cc1ccc(Br)s1. The molecule has 0 aliphatic heterocycles. The largest absolute Gasteiger partial charge is 0.416 e. The number of thiophene rings is 1. The Labute approximate surface area is 137 Å². The molecule has 8 heteroatoms. The van der Waals surface area contributed by atoms with E-state index in [4.69, 9.17) is 0 Å². The van der Waals surface area contributed by atoms with Crippen molar-refractivity contribution in [2.24, 2.45) is 5.10 Å². The first-order valence-corrected chi connectivity index (χ1v) is 7.69. The molecule has 0 radical (unpaired) electrons. The average molecular weight is 391 g/mol. The molecule has 1 amide bonds. The number of carbonyl (C=O) groups is 1. The summed E-state index contributed by atoms with van der Waals surface area (Å²) in [5, 5.41) is 3.77. The van der Waals surface area contributed by atoms with Crippen LogP contribution in [0.1, 0.15) is 16.0 Å². The summed E-state index contributed by atoms with van der Waals surface area (Å²) in [6.45, 7) is 0. The third-order valence-electron chi connectivity index (χ3n) is 2.59. The molecule has 0 fully saturated rings. The Kier molecular flexibility index (Phi) is 5.36. The molecule has 0 aliphatic rings. The standard InChI is InChI=1S/C14H10BrF3N2OS/c15-12-5-4-11(22-12)8-19-20-13(21)7-9-2-1-3-10(6-9)14(16,17)18/h1-6,8H,7H2,(H,20,21). The maximum atomic E-state index is 12.6. The fraction of sp³-hybridized carbons (Fsp3) is 0.143. The molecule has 0 spiro atoms. The van der Waals surface area contributed by atoms with Gasteiger partial charge in [0.1, 0.15) is 0 Å². The fourth-order valence-electron chi connectivity index (χ4n) is 1.65. The number of hydrazone groups is 1. The Morgan fingerprint density at radius 1 is 1.32 bits per heavy atom. The number of amides is 1. The summed E-state index contributed by atoms with van der Waals surface area (Å²) in [5.41, 5.74) is 1.79. The van der Waals surface area contributed by atoms with Crippen LogP contribution < -0.4 is 5.43 Å². The minimum atomic E-state index is -4.42. The number of benzene rings is 1. The maximum absolute atomic E-state index is 12.6. The van der Waals surface area contributed by atoms with Crippen molar-refractivity contribution in [2.45, 2.75) is 12.6 Å². The number of hydrogen-bond acceptors (Lipinski definition) is 3. The number of rotatable bonds is 4. The summed E-state index contributed by atoms with van der Waals surface area (Å²) < 4.78 is 38.6. The van der Waals surface area contributed by atoms with Gasteiger partial charge in [-0.1, -0.05) is 18.2 Å². The molecule has 0 unspecified atom stereocenters. The third kappa shape index (κ3) is 4.96. The molecule has 116 valence electrons. The van der Waals surface area contributed by atoms with E-state index < -0.39 is 17.6 Å². The van der Waals surface area contributed by atoms with Crippen molar-refractivity contribution in [3.05, 3.63) is 56.2 Å². The first-order chi connectivity index (χ1) is 10.3. The molecule has 3 nitrogen and oxygen atoms in total. The normalized spacial score (nSPS) is 11.8. The van der Waals surface area contributed by atoms with Crippen molar-refractivity contribution >= 4 is 39.4 Å². The number of hydrogen-bond donors (Lipinski definition) is 1. The highest BCUT2D eigenvalue weighted by molar-refractivity contribution is 9.11. The molecule has 0 atom stereocenters. The van der Waals surface area contributed by atoms with Gasteiger partial charge >= 0.3 is 6.18 Å². The highest BCUT2D eigenvalue weighted by Gasteiger charge is 2.30. The lowest BCUT2D eigenvalue weighted by atomic mass is 10.1. The number of carbonyl (C=O) groups excluding carboxylic acids is 1. The topological polar surface area (TPSA) is 41.5 Å². The summed E-state index contributed by atoms with van der Waals surface area (Å²) in [7, 11) is 0. The van der Waals surface area contributed by atoms with E-state index in [0.29, 0.717) is 0 Å². The van der Waals surface area contributed by atoms with Gasteiger partial charge in [-0.05, 0) is 39.7 Å². The summed E-state index contributed by atoms with van der Waals surface area (Å²) in [6.07, 6.45) is -3.12. The van der Waals surface area contributed by atoms with Crippen LogP contribution in [0.25, 0.3) is 0 Å². The third-order valence-corrected chi connectivity index (χ3v) is 4.15. The summed E-state index contributed by atoms with van der Waals surface area (Å²) in [6, 6.07) is 8.33. The van der Waals surface area contributed by atoms with E-state index in [0.717, 1.165) is 20.8 Å². The van der Waals surface area contributed by atoms with Crippen LogP contribution in [-0.4, -0.2) is 12.1 Å². The molecular weight excluding hydrogens is 381 g/mol. The van der Waals surface area contributed by atoms with Crippen LogP contribution in [0, 0.1) is 0 Å². The second kappa shape index (κ2) is 7.06. The molecule has 1 N–H and O–H groups in total. The Morgan fingerprint density at radius 2 is 2.09 bits per heavy atom. The van der Waals surface area contributed by atoms with Crippen molar-refractivity contribution < 1.29 is 18.0 Å². The molecule has 0 saturated heterocycles. The first kappa shape index (κ1) is 16.7. The van der Waals surface area contributed by atoms with E-state index in [-0.39, 0.29) is 12.0 Å². The van der Waals surface area contributed by atoms with Gasteiger partial charge in [-0.25, -0.2) is 5.43 Å². The van der Waals surface area contributed by atoms with Crippen LogP contribution in [0.4, 0.5) is 13.2 Å². The van der Waals surface area contributed by atoms with Gasteiger partial charge in [0, 0.05) is 4.88 Å². The van der Waals surface area contributed by atoms with Crippen molar-refractivity contribution in [3.63, 3.8) is 0 Å². The Morgan fingerprint density at radius 3 is 2.73 bits per heavy atom. The summed E-state index contributed by atoms with van der Waals surface area (Å²) in [4.78, 5) is 12.5. The van der Waals surface area contributed by atoms with Gasteiger partial charge in [0.2, 0.25) is 5.91 Å². The first-order valence-electron chi connectivity index (χ1n) is 6.08. The van der Waals surface area contributed by atoms with E-state index in [1.54, 1.807) is 0 Å². The van der Waals surface area contributed by atoms with Crippen LogP contribution >= 0.6 is 27.3 Å². The molecule has 2 aromatic rings. The molecule has 0 aliphatic carbocycles. The minimum Gasteiger partial charge on any atom is -0.273 e. The van der Waals surface area contributed by atoms with Crippen LogP contribution in [0.2, 0.25) is 0 Å². The van der Waals surface area contributed by atoms with E-state index >= 15 is 0 Å². The van der Waals surface area contributed by atoms with Gasteiger partial charge in [0.05, 0.1) is 22.0 Å². The second-order valence-electron chi connectivity index (χ2n) is 4.31. The van der Waals surface area contributed by atoms with Crippen LogP contribution in [0.5, 0.6) is 0 Å². The Hall–Kier alpha value is -1.67. The van der Waals surface area contributed by atoms with E-state index in [2.05, 4.69) is 26.5 Å². The molecule has 0 bridgehead atoms. The lowest BCUT2D eigenvalue weighted by Gasteiger charge is -2.08. The van der Waals surface area contributed by atoms with Crippen LogP contribution in [-0.2, 0) is 17.4 Å². The quantitative estimate of drug-likeness (QED) is 0.616. The molecule has 1 heterocycles. The van der Waals surface area contributed by atoms with Gasteiger partial charge in [-0.15, -0.1) is 11.3 Å². The van der Waals surface area contributed by atoms with Crippen molar-refractivity contribution in [2.75, 3.05) is 0 Å². The van der Waals surface area contributed by atoms with Gasteiger partial charge in [0.15, 0.2) is 0 Å². The Bertz CT molecular complexity index is 697. The second-order valence-corrected chi connectivity index (χ2v) is 6.80.